The Morgan fingerprint density at radius 2 is 2.04 bits per heavy atom. The molecule has 2 aromatic rings. The van der Waals surface area contributed by atoms with Crippen molar-refractivity contribution < 1.29 is 14.3 Å². The molecule has 2 rings (SSSR count). The molecule has 0 atom stereocenters. The van der Waals surface area contributed by atoms with Crippen LogP contribution in [0.15, 0.2) is 58.1 Å². The van der Waals surface area contributed by atoms with Crippen molar-refractivity contribution >= 4 is 34.0 Å². The molecule has 0 aliphatic heterocycles. The highest BCUT2D eigenvalue weighted by Crippen LogP contribution is 2.15. The van der Waals surface area contributed by atoms with Gasteiger partial charge in [0.1, 0.15) is 12.4 Å². The minimum atomic E-state index is -0.452. The molecule has 2 N–H and O–H groups in total. The Labute approximate surface area is 159 Å². The maximum absolute atomic E-state index is 12.0. The van der Waals surface area contributed by atoms with Crippen LogP contribution in [0.5, 0.6) is 5.75 Å². The predicted octanol–water partition coefficient (Wildman–Crippen LogP) is 2.34. The molecule has 0 radical (unpaired) electrons. The highest BCUT2D eigenvalue weighted by molar-refractivity contribution is 9.10. The van der Waals surface area contributed by atoms with Crippen molar-refractivity contribution in [1.82, 2.24) is 10.7 Å². The van der Waals surface area contributed by atoms with Crippen LogP contribution in [0, 0.1) is 12.3 Å². The molecular weight excluding hydrogens is 398 g/mol. The fraction of sp³-hybridized carbons (Fsp3) is 0.105. The van der Waals surface area contributed by atoms with Crippen molar-refractivity contribution in [2.75, 3.05) is 13.2 Å². The highest BCUT2D eigenvalue weighted by atomic mass is 79.9. The second-order valence-electron chi connectivity index (χ2n) is 5.02. The van der Waals surface area contributed by atoms with Gasteiger partial charge in [-0.3, -0.25) is 9.59 Å². The minimum absolute atomic E-state index is 0.138. The molecule has 132 valence electrons. The van der Waals surface area contributed by atoms with E-state index in [9.17, 15) is 9.59 Å². The van der Waals surface area contributed by atoms with Gasteiger partial charge in [0.05, 0.1) is 12.8 Å². The summed E-state index contributed by atoms with van der Waals surface area (Å²) in [7, 11) is 0. The lowest BCUT2D eigenvalue weighted by Gasteiger charge is -2.06. The molecule has 26 heavy (non-hydrogen) atoms. The molecule has 0 heterocycles. The Hall–Kier alpha value is -3.11. The molecule has 0 aliphatic rings. The number of ether oxygens (including phenoxy) is 1. The van der Waals surface area contributed by atoms with Crippen molar-refractivity contribution in [3.63, 3.8) is 0 Å². The number of nitrogens with zero attached hydrogens (tertiary/aromatic N) is 1. The van der Waals surface area contributed by atoms with Gasteiger partial charge in [0, 0.05) is 15.6 Å². The number of amides is 2. The van der Waals surface area contributed by atoms with E-state index in [0.717, 1.165) is 4.47 Å². The van der Waals surface area contributed by atoms with Crippen LogP contribution in [0.25, 0.3) is 0 Å². The van der Waals surface area contributed by atoms with Crippen LogP contribution in [-0.2, 0) is 4.79 Å². The Kier molecular flexibility index (Phi) is 7.40. The van der Waals surface area contributed by atoms with E-state index in [1.807, 2.05) is 12.1 Å². The second kappa shape index (κ2) is 10.0. The molecule has 6 nitrogen and oxygen atoms in total. The van der Waals surface area contributed by atoms with Gasteiger partial charge in [0.15, 0.2) is 0 Å². The SMILES string of the molecule is C#CCOc1ccccc1/C=N\NC(=O)CNC(=O)c1cccc(Br)c1. The highest BCUT2D eigenvalue weighted by Gasteiger charge is 2.08. The lowest BCUT2D eigenvalue weighted by Crippen LogP contribution is -2.34. The maximum Gasteiger partial charge on any atom is 0.259 e. The third-order valence-electron chi connectivity index (χ3n) is 3.12. The molecule has 0 bridgehead atoms. The lowest BCUT2D eigenvalue weighted by atomic mass is 10.2. The molecule has 0 spiro atoms. The standard InChI is InChI=1S/C19H16BrN3O3/c1-2-10-26-17-9-4-3-6-15(17)12-22-23-18(24)13-21-19(25)14-7-5-8-16(20)11-14/h1,3-9,11-12H,10,13H2,(H,21,25)(H,23,24)/b22-12-. The first-order valence-electron chi connectivity index (χ1n) is 7.61. The molecule has 2 aromatic carbocycles. The van der Waals surface area contributed by atoms with E-state index in [2.05, 4.69) is 37.7 Å². The van der Waals surface area contributed by atoms with Crippen molar-refractivity contribution in [2.24, 2.45) is 5.10 Å². The number of carbonyl (C=O) groups is 2. The van der Waals surface area contributed by atoms with E-state index in [4.69, 9.17) is 11.2 Å². The van der Waals surface area contributed by atoms with Crippen LogP contribution >= 0.6 is 15.9 Å². The van der Waals surface area contributed by atoms with Gasteiger partial charge in [-0.2, -0.15) is 5.10 Å². The van der Waals surface area contributed by atoms with E-state index >= 15 is 0 Å². The first kappa shape index (κ1) is 19.2. The summed E-state index contributed by atoms with van der Waals surface area (Å²) in [6, 6.07) is 14.0. The zero-order valence-electron chi connectivity index (χ0n) is 13.7. The van der Waals surface area contributed by atoms with Crippen LogP contribution in [0.4, 0.5) is 0 Å². The number of carbonyl (C=O) groups excluding carboxylic acids is 2. The number of hydrogen-bond donors (Lipinski definition) is 2. The van der Waals surface area contributed by atoms with Gasteiger partial charge in [0.2, 0.25) is 0 Å². The Morgan fingerprint density at radius 3 is 2.81 bits per heavy atom. The molecular formula is C19H16BrN3O3. The summed E-state index contributed by atoms with van der Waals surface area (Å²) in [5.41, 5.74) is 3.47. The molecule has 0 unspecified atom stereocenters. The fourth-order valence-corrected chi connectivity index (χ4v) is 2.34. The van der Waals surface area contributed by atoms with Gasteiger partial charge in [-0.25, -0.2) is 5.43 Å². The number of halogens is 1. The predicted molar refractivity (Wildman–Crippen MR) is 103 cm³/mol. The summed E-state index contributed by atoms with van der Waals surface area (Å²) >= 11 is 3.29. The first-order valence-corrected chi connectivity index (χ1v) is 8.40. The van der Waals surface area contributed by atoms with Gasteiger partial charge in [-0.15, -0.1) is 6.42 Å². The van der Waals surface area contributed by atoms with Crippen LogP contribution in [0.3, 0.4) is 0 Å². The second-order valence-corrected chi connectivity index (χ2v) is 5.93. The van der Waals surface area contributed by atoms with E-state index in [1.165, 1.54) is 6.21 Å². The van der Waals surface area contributed by atoms with Crippen LogP contribution in [0.1, 0.15) is 15.9 Å². The summed E-state index contributed by atoms with van der Waals surface area (Å²) in [4.78, 5) is 23.7. The fourth-order valence-electron chi connectivity index (χ4n) is 1.94. The Morgan fingerprint density at radius 1 is 1.23 bits per heavy atom. The number of nitrogens with one attached hydrogen (secondary N) is 2. The Bertz CT molecular complexity index is 859. The Balaban J connectivity index is 1.84. The number of terminal acetylenes is 1. The topological polar surface area (TPSA) is 79.8 Å². The summed E-state index contributed by atoms with van der Waals surface area (Å²) in [5, 5.41) is 6.38. The molecule has 0 aliphatic carbocycles. The molecule has 0 aromatic heterocycles. The van der Waals surface area contributed by atoms with E-state index in [0.29, 0.717) is 16.9 Å². The van der Waals surface area contributed by atoms with Gasteiger partial charge < -0.3 is 10.1 Å². The largest absolute Gasteiger partial charge is 0.480 e. The average Bonchev–Trinajstić information content (AvgIpc) is 2.65. The van der Waals surface area contributed by atoms with Gasteiger partial charge in [0.25, 0.3) is 11.8 Å². The number of para-hydroxylation sites is 1. The minimum Gasteiger partial charge on any atom is -0.480 e. The average molecular weight is 414 g/mol. The number of hydrazone groups is 1. The van der Waals surface area contributed by atoms with Crippen LogP contribution < -0.4 is 15.5 Å². The van der Waals surface area contributed by atoms with Crippen molar-refractivity contribution in [3.05, 3.63) is 64.1 Å². The summed E-state index contributed by atoms with van der Waals surface area (Å²) in [5.74, 6) is 2.14. The smallest absolute Gasteiger partial charge is 0.259 e. The maximum atomic E-state index is 12.0. The van der Waals surface area contributed by atoms with Crippen molar-refractivity contribution in [3.8, 4) is 18.1 Å². The van der Waals surface area contributed by atoms with E-state index in [-0.39, 0.29) is 19.1 Å². The first-order chi connectivity index (χ1) is 12.6. The van der Waals surface area contributed by atoms with Crippen molar-refractivity contribution in [1.29, 1.82) is 0 Å². The zero-order valence-corrected chi connectivity index (χ0v) is 15.3. The third kappa shape index (κ3) is 6.07. The van der Waals surface area contributed by atoms with Gasteiger partial charge in [-0.1, -0.05) is 40.0 Å². The summed E-state index contributed by atoms with van der Waals surface area (Å²) < 4.78 is 6.16. The number of benzene rings is 2. The third-order valence-corrected chi connectivity index (χ3v) is 3.61. The lowest BCUT2D eigenvalue weighted by molar-refractivity contribution is -0.120. The summed E-state index contributed by atoms with van der Waals surface area (Å²) in [6.45, 7) is -0.0588. The summed E-state index contributed by atoms with van der Waals surface area (Å²) in [6.07, 6.45) is 6.62. The molecule has 2 amide bonds. The van der Waals surface area contributed by atoms with Gasteiger partial charge >= 0.3 is 0 Å². The molecule has 7 heteroatoms. The monoisotopic (exact) mass is 413 g/mol. The van der Waals surface area contributed by atoms with E-state index in [1.54, 1.807) is 36.4 Å². The number of rotatable bonds is 7. The zero-order chi connectivity index (χ0) is 18.8. The molecule has 0 saturated carbocycles. The molecule has 0 saturated heterocycles. The molecule has 0 fully saturated rings. The quantitative estimate of drug-likeness (QED) is 0.415. The van der Waals surface area contributed by atoms with E-state index < -0.39 is 5.91 Å². The number of hydrogen-bond acceptors (Lipinski definition) is 4. The van der Waals surface area contributed by atoms with Gasteiger partial charge in [-0.05, 0) is 30.3 Å². The van der Waals surface area contributed by atoms with Crippen molar-refractivity contribution in [2.45, 2.75) is 0 Å². The van der Waals surface area contributed by atoms with Crippen LogP contribution in [-0.4, -0.2) is 31.2 Å². The normalized spacial score (nSPS) is 10.2. The van der Waals surface area contributed by atoms with Crippen LogP contribution in [0.2, 0.25) is 0 Å².